The average molecular weight is 341 g/mol. The van der Waals surface area contributed by atoms with Crippen LogP contribution in [0.3, 0.4) is 0 Å². The molecule has 2 rings (SSSR count). The van der Waals surface area contributed by atoms with E-state index in [2.05, 4.69) is 34.8 Å². The number of carbonyl (C=O) groups excluding carboxylic acids is 1. The first kappa shape index (κ1) is 15.3. The average Bonchev–Trinajstić information content (AvgIpc) is 2.88. The second kappa shape index (κ2) is 7.07. The lowest BCUT2D eigenvalue weighted by Gasteiger charge is -2.21. The number of hydrogen-bond donors (Lipinski definition) is 0. The van der Waals surface area contributed by atoms with Crippen molar-refractivity contribution in [1.82, 2.24) is 9.88 Å². The van der Waals surface area contributed by atoms with Crippen molar-refractivity contribution in [1.29, 1.82) is 0 Å². The third kappa shape index (κ3) is 3.72. The third-order valence-corrected chi connectivity index (χ3v) is 4.21. The Labute approximate surface area is 128 Å². The van der Waals surface area contributed by atoms with Crippen LogP contribution in [0.5, 0.6) is 5.75 Å². The van der Waals surface area contributed by atoms with Gasteiger partial charge in [-0.15, -0.1) is 0 Å². The van der Waals surface area contributed by atoms with E-state index >= 15 is 0 Å². The number of hydrogen-bond acceptors (Lipinski definition) is 3. The normalized spacial score (nSPS) is 18.6. The van der Waals surface area contributed by atoms with Crippen LogP contribution in [0.25, 0.3) is 0 Å². The first-order valence-electron chi connectivity index (χ1n) is 7.20. The molecule has 1 aromatic heterocycles. The lowest BCUT2D eigenvalue weighted by Crippen LogP contribution is -2.35. The monoisotopic (exact) mass is 340 g/mol. The fourth-order valence-electron chi connectivity index (χ4n) is 2.57. The molecule has 2 heterocycles. The predicted molar refractivity (Wildman–Crippen MR) is 81.6 cm³/mol. The van der Waals surface area contributed by atoms with Gasteiger partial charge >= 0.3 is 0 Å². The van der Waals surface area contributed by atoms with E-state index in [4.69, 9.17) is 4.74 Å². The minimum Gasteiger partial charge on any atom is -0.487 e. The fraction of sp³-hybridized carbons (Fsp3) is 0.600. The van der Waals surface area contributed by atoms with E-state index in [9.17, 15) is 4.79 Å². The van der Waals surface area contributed by atoms with Crippen LogP contribution < -0.4 is 4.74 Å². The van der Waals surface area contributed by atoms with Gasteiger partial charge in [0, 0.05) is 29.6 Å². The smallest absolute Gasteiger partial charge is 0.225 e. The Morgan fingerprint density at radius 3 is 2.90 bits per heavy atom. The molecule has 1 unspecified atom stereocenters. The number of nitrogens with zero attached hydrogens (tertiary/aromatic N) is 2. The van der Waals surface area contributed by atoms with Crippen molar-refractivity contribution in [3.05, 3.63) is 22.9 Å². The van der Waals surface area contributed by atoms with E-state index in [1.165, 1.54) is 0 Å². The number of ether oxygens (including phenoxy) is 1. The highest BCUT2D eigenvalue weighted by Crippen LogP contribution is 2.22. The van der Waals surface area contributed by atoms with Gasteiger partial charge in [0.15, 0.2) is 0 Å². The Morgan fingerprint density at radius 1 is 1.50 bits per heavy atom. The molecule has 1 amide bonds. The van der Waals surface area contributed by atoms with Crippen LogP contribution in [0.15, 0.2) is 22.9 Å². The Bertz CT molecular complexity index is 463. The molecule has 1 fully saturated rings. The number of halogens is 1. The molecule has 0 aromatic carbocycles. The largest absolute Gasteiger partial charge is 0.487 e. The molecule has 5 heteroatoms. The zero-order valence-corrected chi connectivity index (χ0v) is 13.6. The summed E-state index contributed by atoms with van der Waals surface area (Å²) in [7, 11) is 0. The van der Waals surface area contributed by atoms with Gasteiger partial charge in [-0.25, -0.2) is 0 Å². The summed E-state index contributed by atoms with van der Waals surface area (Å²) in [5.74, 6) is 1.18. The lowest BCUT2D eigenvalue weighted by molar-refractivity contribution is -0.134. The maximum Gasteiger partial charge on any atom is 0.225 e. The molecule has 0 N–H and O–H groups in total. The SMILES string of the molecule is CCC(CC)C(=O)N1CCC(Oc2cncc(Br)c2)C1. The van der Waals surface area contributed by atoms with E-state index in [1.807, 2.05) is 11.0 Å². The van der Waals surface area contributed by atoms with Crippen molar-refractivity contribution in [2.75, 3.05) is 13.1 Å². The Kier molecular flexibility index (Phi) is 5.40. The predicted octanol–water partition coefficient (Wildman–Crippen LogP) is 3.26. The van der Waals surface area contributed by atoms with Crippen LogP contribution >= 0.6 is 15.9 Å². The highest BCUT2D eigenvalue weighted by molar-refractivity contribution is 9.10. The summed E-state index contributed by atoms with van der Waals surface area (Å²) in [5.41, 5.74) is 0. The van der Waals surface area contributed by atoms with Crippen LogP contribution in [0.4, 0.5) is 0 Å². The second-order valence-electron chi connectivity index (χ2n) is 5.17. The first-order chi connectivity index (χ1) is 9.63. The van der Waals surface area contributed by atoms with Crippen LogP contribution in [-0.2, 0) is 4.79 Å². The summed E-state index contributed by atoms with van der Waals surface area (Å²) in [6, 6.07) is 1.90. The molecule has 0 radical (unpaired) electrons. The van der Waals surface area contributed by atoms with Crippen molar-refractivity contribution in [2.45, 2.75) is 39.2 Å². The van der Waals surface area contributed by atoms with Gasteiger partial charge < -0.3 is 9.64 Å². The Hall–Kier alpha value is -1.10. The molecule has 0 bridgehead atoms. The number of amides is 1. The zero-order valence-electron chi connectivity index (χ0n) is 12.0. The van der Waals surface area contributed by atoms with Crippen molar-refractivity contribution in [3.8, 4) is 5.75 Å². The Morgan fingerprint density at radius 2 is 2.25 bits per heavy atom. The van der Waals surface area contributed by atoms with Gasteiger partial charge in [0.25, 0.3) is 0 Å². The lowest BCUT2D eigenvalue weighted by atomic mass is 10.0. The maximum absolute atomic E-state index is 12.3. The maximum atomic E-state index is 12.3. The molecular weight excluding hydrogens is 320 g/mol. The molecule has 4 nitrogen and oxygen atoms in total. The van der Waals surface area contributed by atoms with Crippen molar-refractivity contribution < 1.29 is 9.53 Å². The van der Waals surface area contributed by atoms with Crippen molar-refractivity contribution in [2.24, 2.45) is 5.92 Å². The van der Waals surface area contributed by atoms with Crippen LogP contribution in [-0.4, -0.2) is 35.0 Å². The van der Waals surface area contributed by atoms with Crippen LogP contribution in [0.1, 0.15) is 33.1 Å². The van der Waals surface area contributed by atoms with Gasteiger partial charge in [0.05, 0.1) is 12.7 Å². The standard InChI is InChI=1S/C15H21BrN2O2/c1-3-11(4-2)15(19)18-6-5-13(10-18)20-14-7-12(16)8-17-9-14/h7-9,11,13H,3-6,10H2,1-2H3. The van der Waals surface area contributed by atoms with Crippen LogP contribution in [0.2, 0.25) is 0 Å². The zero-order chi connectivity index (χ0) is 14.5. The van der Waals surface area contributed by atoms with Gasteiger partial charge in [-0.3, -0.25) is 9.78 Å². The summed E-state index contributed by atoms with van der Waals surface area (Å²) in [6.45, 7) is 5.62. The fourth-order valence-corrected chi connectivity index (χ4v) is 2.91. The number of rotatable bonds is 5. The van der Waals surface area contributed by atoms with Crippen molar-refractivity contribution >= 4 is 21.8 Å². The summed E-state index contributed by atoms with van der Waals surface area (Å²) >= 11 is 3.38. The summed E-state index contributed by atoms with van der Waals surface area (Å²) in [5, 5.41) is 0. The molecule has 0 aliphatic carbocycles. The van der Waals surface area contributed by atoms with Gasteiger partial charge in [-0.1, -0.05) is 13.8 Å². The molecule has 110 valence electrons. The topological polar surface area (TPSA) is 42.4 Å². The summed E-state index contributed by atoms with van der Waals surface area (Å²) < 4.78 is 6.80. The van der Waals surface area contributed by atoms with E-state index in [0.717, 1.165) is 36.0 Å². The van der Waals surface area contributed by atoms with E-state index in [0.29, 0.717) is 6.54 Å². The Balaban J connectivity index is 1.91. The van der Waals surface area contributed by atoms with Gasteiger partial charge in [0.1, 0.15) is 11.9 Å². The minimum absolute atomic E-state index is 0.0735. The van der Waals surface area contributed by atoms with Crippen LogP contribution in [0, 0.1) is 5.92 Å². The number of pyridine rings is 1. The first-order valence-corrected chi connectivity index (χ1v) is 7.99. The number of carbonyl (C=O) groups is 1. The quantitative estimate of drug-likeness (QED) is 0.826. The highest BCUT2D eigenvalue weighted by Gasteiger charge is 2.30. The van der Waals surface area contributed by atoms with E-state index < -0.39 is 0 Å². The molecule has 0 saturated carbocycles. The molecule has 1 atom stereocenters. The molecule has 1 aromatic rings. The van der Waals surface area contributed by atoms with Crippen molar-refractivity contribution in [3.63, 3.8) is 0 Å². The molecular formula is C15H21BrN2O2. The third-order valence-electron chi connectivity index (χ3n) is 3.77. The van der Waals surface area contributed by atoms with Gasteiger partial charge in [0.2, 0.25) is 5.91 Å². The van der Waals surface area contributed by atoms with E-state index in [1.54, 1.807) is 12.4 Å². The van der Waals surface area contributed by atoms with Gasteiger partial charge in [-0.2, -0.15) is 0 Å². The number of aromatic nitrogens is 1. The molecule has 1 aliphatic heterocycles. The molecule has 0 spiro atoms. The molecule has 1 aliphatic rings. The highest BCUT2D eigenvalue weighted by atomic mass is 79.9. The second-order valence-corrected chi connectivity index (χ2v) is 6.08. The van der Waals surface area contributed by atoms with Gasteiger partial charge in [-0.05, 0) is 34.8 Å². The number of likely N-dealkylation sites (tertiary alicyclic amines) is 1. The van der Waals surface area contributed by atoms with E-state index in [-0.39, 0.29) is 17.9 Å². The minimum atomic E-state index is 0.0735. The molecule has 1 saturated heterocycles. The summed E-state index contributed by atoms with van der Waals surface area (Å²) in [4.78, 5) is 18.3. The molecule has 20 heavy (non-hydrogen) atoms. The summed E-state index contributed by atoms with van der Waals surface area (Å²) in [6.07, 6.45) is 6.21.